The SMILES string of the molecule is CC1(C)Cc2ccccc2/C(=C(\C#N)C(=O)Nc2ccc(Br)cn2)N1. The average Bonchev–Trinajstić information content (AvgIpc) is 2.56. The second-order valence-electron chi connectivity index (χ2n) is 6.52. The van der Waals surface area contributed by atoms with Crippen LogP contribution in [0.25, 0.3) is 5.70 Å². The summed E-state index contributed by atoms with van der Waals surface area (Å²) >= 11 is 3.30. The predicted molar refractivity (Wildman–Crippen MR) is 100 cm³/mol. The fourth-order valence-corrected chi connectivity index (χ4v) is 3.12. The number of rotatable bonds is 2. The molecule has 1 aromatic heterocycles. The van der Waals surface area contributed by atoms with Crippen molar-refractivity contribution in [2.24, 2.45) is 0 Å². The Morgan fingerprint density at radius 1 is 1.32 bits per heavy atom. The zero-order valence-electron chi connectivity index (χ0n) is 13.9. The van der Waals surface area contributed by atoms with Crippen LogP contribution < -0.4 is 10.6 Å². The largest absolute Gasteiger partial charge is 0.378 e. The van der Waals surface area contributed by atoms with Crippen LogP contribution in [0.3, 0.4) is 0 Å². The number of anilines is 1. The summed E-state index contributed by atoms with van der Waals surface area (Å²) in [6.07, 6.45) is 2.41. The van der Waals surface area contributed by atoms with Gasteiger partial charge >= 0.3 is 0 Å². The van der Waals surface area contributed by atoms with Crippen molar-refractivity contribution in [1.82, 2.24) is 10.3 Å². The van der Waals surface area contributed by atoms with Crippen LogP contribution in [-0.2, 0) is 11.2 Å². The Morgan fingerprint density at radius 2 is 2.08 bits per heavy atom. The lowest BCUT2D eigenvalue weighted by atomic mass is 9.84. The van der Waals surface area contributed by atoms with Crippen molar-refractivity contribution >= 4 is 33.4 Å². The minimum absolute atomic E-state index is 0.0462. The number of hydrogen-bond donors (Lipinski definition) is 2. The average molecular weight is 397 g/mol. The third-order valence-electron chi connectivity index (χ3n) is 3.94. The van der Waals surface area contributed by atoms with Gasteiger partial charge < -0.3 is 10.6 Å². The van der Waals surface area contributed by atoms with Gasteiger partial charge in [0.15, 0.2) is 0 Å². The number of aromatic nitrogens is 1. The Labute approximate surface area is 154 Å². The van der Waals surface area contributed by atoms with Gasteiger partial charge in [-0.3, -0.25) is 4.79 Å². The summed E-state index contributed by atoms with van der Waals surface area (Å²) in [4.78, 5) is 16.8. The van der Waals surface area contributed by atoms with Crippen LogP contribution in [0.5, 0.6) is 0 Å². The van der Waals surface area contributed by atoms with E-state index >= 15 is 0 Å². The van der Waals surface area contributed by atoms with Crippen molar-refractivity contribution in [1.29, 1.82) is 5.26 Å². The highest BCUT2D eigenvalue weighted by atomic mass is 79.9. The molecule has 2 aromatic rings. The monoisotopic (exact) mass is 396 g/mol. The van der Waals surface area contributed by atoms with Gasteiger partial charge in [0.05, 0.1) is 5.70 Å². The van der Waals surface area contributed by atoms with E-state index in [-0.39, 0.29) is 11.1 Å². The topological polar surface area (TPSA) is 77.8 Å². The number of nitrogens with zero attached hydrogens (tertiary/aromatic N) is 2. The number of amides is 1. The normalized spacial score (nSPS) is 16.9. The van der Waals surface area contributed by atoms with Crippen molar-refractivity contribution < 1.29 is 4.79 Å². The Kier molecular flexibility index (Phi) is 4.60. The van der Waals surface area contributed by atoms with Crippen molar-refractivity contribution in [2.45, 2.75) is 25.8 Å². The summed E-state index contributed by atoms with van der Waals surface area (Å²) in [6.45, 7) is 4.10. The summed E-state index contributed by atoms with van der Waals surface area (Å²) in [5.74, 6) is -0.0859. The molecule has 25 heavy (non-hydrogen) atoms. The molecule has 0 bridgehead atoms. The standard InChI is InChI=1S/C19H17BrN4O/c1-19(2)9-12-5-3-4-6-14(12)17(24-19)15(10-21)18(25)23-16-8-7-13(20)11-22-16/h3-8,11,24H,9H2,1-2H3,(H,22,23,25)/b17-15-. The molecule has 0 aliphatic carbocycles. The van der Waals surface area contributed by atoms with Crippen molar-refractivity contribution in [3.8, 4) is 6.07 Å². The molecule has 1 amide bonds. The Bertz CT molecular complexity index is 894. The maximum atomic E-state index is 12.7. The summed E-state index contributed by atoms with van der Waals surface area (Å²) in [6, 6.07) is 13.3. The first-order valence-corrected chi connectivity index (χ1v) is 8.63. The van der Waals surface area contributed by atoms with Crippen LogP contribution in [0.1, 0.15) is 25.0 Å². The summed E-state index contributed by atoms with van der Waals surface area (Å²) in [5, 5.41) is 15.7. The number of fused-ring (bicyclic) bond motifs is 1. The number of nitriles is 1. The summed E-state index contributed by atoms with van der Waals surface area (Å²) < 4.78 is 0.814. The van der Waals surface area contributed by atoms with Crippen molar-refractivity contribution in [2.75, 3.05) is 5.32 Å². The molecule has 6 heteroatoms. The Balaban J connectivity index is 2.02. The Morgan fingerprint density at radius 3 is 2.76 bits per heavy atom. The first-order chi connectivity index (χ1) is 11.9. The van der Waals surface area contributed by atoms with E-state index in [4.69, 9.17) is 0 Å². The smallest absolute Gasteiger partial charge is 0.269 e. The molecule has 0 atom stereocenters. The summed E-state index contributed by atoms with van der Waals surface area (Å²) in [5.41, 5.74) is 2.36. The molecule has 126 valence electrons. The fourth-order valence-electron chi connectivity index (χ4n) is 2.89. The van der Waals surface area contributed by atoms with Crippen LogP contribution in [0.15, 0.2) is 52.6 Å². The lowest BCUT2D eigenvalue weighted by molar-refractivity contribution is -0.112. The molecule has 0 saturated heterocycles. The second kappa shape index (κ2) is 6.69. The number of nitrogens with one attached hydrogen (secondary N) is 2. The predicted octanol–water partition coefficient (Wildman–Crippen LogP) is 3.64. The zero-order chi connectivity index (χ0) is 18.0. The van der Waals surface area contributed by atoms with E-state index in [0.717, 1.165) is 22.0 Å². The zero-order valence-corrected chi connectivity index (χ0v) is 15.5. The lowest BCUT2D eigenvalue weighted by Gasteiger charge is -2.36. The van der Waals surface area contributed by atoms with E-state index in [0.29, 0.717) is 11.5 Å². The molecule has 0 radical (unpaired) electrons. The number of benzene rings is 1. The van der Waals surface area contributed by atoms with E-state index in [1.54, 1.807) is 18.3 Å². The molecule has 1 aliphatic rings. The molecule has 1 aromatic carbocycles. The highest BCUT2D eigenvalue weighted by Crippen LogP contribution is 2.31. The van der Waals surface area contributed by atoms with E-state index in [1.807, 2.05) is 44.2 Å². The van der Waals surface area contributed by atoms with Crippen LogP contribution in [0.2, 0.25) is 0 Å². The van der Waals surface area contributed by atoms with Gasteiger partial charge in [0.1, 0.15) is 17.5 Å². The molecule has 1 aliphatic heterocycles. The van der Waals surface area contributed by atoms with E-state index in [9.17, 15) is 10.1 Å². The molecule has 3 rings (SSSR count). The first-order valence-electron chi connectivity index (χ1n) is 7.83. The minimum atomic E-state index is -0.479. The molecule has 0 unspecified atom stereocenters. The molecule has 0 fully saturated rings. The molecule has 2 heterocycles. The fraction of sp³-hybridized carbons (Fsp3) is 0.211. The number of pyridine rings is 1. The second-order valence-corrected chi connectivity index (χ2v) is 7.44. The highest BCUT2D eigenvalue weighted by molar-refractivity contribution is 9.10. The van der Waals surface area contributed by atoms with Crippen LogP contribution in [0.4, 0.5) is 5.82 Å². The minimum Gasteiger partial charge on any atom is -0.378 e. The number of carbonyl (C=O) groups excluding carboxylic acids is 1. The van der Waals surface area contributed by atoms with Gasteiger partial charge in [-0.05, 0) is 53.9 Å². The maximum Gasteiger partial charge on any atom is 0.269 e. The molecular weight excluding hydrogens is 380 g/mol. The van der Waals surface area contributed by atoms with Gasteiger partial charge in [0.2, 0.25) is 0 Å². The van der Waals surface area contributed by atoms with E-state index in [2.05, 4.69) is 31.5 Å². The van der Waals surface area contributed by atoms with Crippen molar-refractivity contribution in [3.05, 3.63) is 63.8 Å². The van der Waals surface area contributed by atoms with Crippen molar-refractivity contribution in [3.63, 3.8) is 0 Å². The van der Waals surface area contributed by atoms with Crippen LogP contribution >= 0.6 is 15.9 Å². The third kappa shape index (κ3) is 3.72. The molecule has 5 nitrogen and oxygen atoms in total. The molecule has 0 saturated carbocycles. The van der Waals surface area contributed by atoms with Crippen LogP contribution in [0, 0.1) is 11.3 Å². The van der Waals surface area contributed by atoms with Gasteiger partial charge in [-0.25, -0.2) is 4.98 Å². The lowest BCUT2D eigenvalue weighted by Crippen LogP contribution is -2.44. The number of hydrogen-bond acceptors (Lipinski definition) is 4. The molecule has 0 spiro atoms. The third-order valence-corrected chi connectivity index (χ3v) is 4.41. The first kappa shape index (κ1) is 17.2. The van der Waals surface area contributed by atoms with Gasteiger partial charge in [0, 0.05) is 21.8 Å². The highest BCUT2D eigenvalue weighted by Gasteiger charge is 2.31. The molecule has 2 N–H and O–H groups in total. The Hall–Kier alpha value is -2.65. The van der Waals surface area contributed by atoms with Crippen LogP contribution in [-0.4, -0.2) is 16.4 Å². The number of carbonyl (C=O) groups is 1. The summed E-state index contributed by atoms with van der Waals surface area (Å²) in [7, 11) is 0. The van der Waals surface area contributed by atoms with Gasteiger partial charge in [0.25, 0.3) is 5.91 Å². The quantitative estimate of drug-likeness (QED) is 0.599. The van der Waals surface area contributed by atoms with E-state index in [1.165, 1.54) is 0 Å². The number of halogens is 1. The van der Waals surface area contributed by atoms with E-state index < -0.39 is 5.91 Å². The van der Waals surface area contributed by atoms with Gasteiger partial charge in [-0.15, -0.1) is 0 Å². The van der Waals surface area contributed by atoms with Gasteiger partial charge in [-0.2, -0.15) is 5.26 Å². The van der Waals surface area contributed by atoms with Gasteiger partial charge in [-0.1, -0.05) is 24.3 Å². The molecular formula is C19H17BrN4O. The maximum absolute atomic E-state index is 12.7.